The molecule has 156 valence electrons. The second-order valence-corrected chi connectivity index (χ2v) is 8.85. The van der Waals surface area contributed by atoms with Crippen LogP contribution >= 0.6 is 0 Å². The third-order valence-electron chi connectivity index (χ3n) is 5.00. The number of carbonyl (C=O) groups is 1. The first-order chi connectivity index (χ1) is 13.9. The molecular formula is C21H28N4O3S. The number of piperazine rings is 1. The lowest BCUT2D eigenvalue weighted by atomic mass is 10.1. The van der Waals surface area contributed by atoms with Crippen LogP contribution in [0.4, 0.5) is 11.4 Å². The van der Waals surface area contributed by atoms with Crippen molar-refractivity contribution in [1.82, 2.24) is 10.6 Å². The number of carbonyl (C=O) groups excluding carboxylic acids is 1. The van der Waals surface area contributed by atoms with Crippen molar-refractivity contribution < 1.29 is 13.2 Å². The van der Waals surface area contributed by atoms with Crippen molar-refractivity contribution >= 4 is 27.3 Å². The van der Waals surface area contributed by atoms with Crippen LogP contribution in [0.25, 0.3) is 0 Å². The molecule has 0 aliphatic carbocycles. The molecule has 1 heterocycles. The molecule has 0 saturated carbocycles. The quantitative estimate of drug-likeness (QED) is 0.645. The van der Waals surface area contributed by atoms with Crippen molar-refractivity contribution in [2.45, 2.75) is 31.2 Å². The summed E-state index contributed by atoms with van der Waals surface area (Å²) in [5.41, 5.74) is 1.61. The molecule has 1 aliphatic heterocycles. The molecule has 3 rings (SSSR count). The van der Waals surface area contributed by atoms with Crippen LogP contribution in [0, 0.1) is 0 Å². The van der Waals surface area contributed by atoms with Crippen molar-refractivity contribution in [3.8, 4) is 0 Å². The van der Waals surface area contributed by atoms with Gasteiger partial charge in [-0.15, -0.1) is 0 Å². The molecule has 1 amide bonds. The molecule has 0 aromatic heterocycles. The van der Waals surface area contributed by atoms with E-state index in [0.717, 1.165) is 38.3 Å². The smallest absolute Gasteiger partial charge is 0.261 e. The monoisotopic (exact) mass is 416 g/mol. The van der Waals surface area contributed by atoms with E-state index in [0.29, 0.717) is 11.3 Å². The van der Waals surface area contributed by atoms with E-state index in [4.69, 9.17) is 0 Å². The van der Waals surface area contributed by atoms with Crippen LogP contribution in [0.2, 0.25) is 0 Å². The molecule has 0 radical (unpaired) electrons. The number of nitrogens with zero attached hydrogens (tertiary/aromatic N) is 1. The Balaban J connectivity index is 1.96. The van der Waals surface area contributed by atoms with Gasteiger partial charge >= 0.3 is 0 Å². The summed E-state index contributed by atoms with van der Waals surface area (Å²) in [7, 11) is -3.77. The van der Waals surface area contributed by atoms with Crippen LogP contribution in [-0.4, -0.2) is 46.5 Å². The van der Waals surface area contributed by atoms with Gasteiger partial charge in [0.2, 0.25) is 0 Å². The molecule has 2 aromatic carbocycles. The normalized spacial score (nSPS) is 15.6. The Labute approximate surface area is 172 Å². The number of benzene rings is 2. The van der Waals surface area contributed by atoms with Crippen LogP contribution < -0.4 is 20.3 Å². The van der Waals surface area contributed by atoms with Gasteiger partial charge in [-0.2, -0.15) is 0 Å². The highest BCUT2D eigenvalue weighted by Crippen LogP contribution is 2.30. The maximum atomic E-state index is 12.9. The number of nitrogens with one attached hydrogen (secondary N) is 3. The summed E-state index contributed by atoms with van der Waals surface area (Å²) in [6.07, 6.45) is 0.818. The molecule has 3 N–H and O–H groups in total. The summed E-state index contributed by atoms with van der Waals surface area (Å²) in [6, 6.07) is 13.5. The molecular weight excluding hydrogens is 388 g/mol. The van der Waals surface area contributed by atoms with Crippen molar-refractivity contribution in [3.63, 3.8) is 0 Å². The number of amides is 1. The summed E-state index contributed by atoms with van der Waals surface area (Å²) >= 11 is 0. The second-order valence-electron chi connectivity index (χ2n) is 7.17. The zero-order valence-corrected chi connectivity index (χ0v) is 17.6. The first kappa shape index (κ1) is 21.1. The maximum absolute atomic E-state index is 12.9. The third kappa shape index (κ3) is 5.27. The Hall–Kier alpha value is -2.58. The average molecular weight is 417 g/mol. The largest absolute Gasteiger partial charge is 0.367 e. The van der Waals surface area contributed by atoms with Crippen LogP contribution in [0.1, 0.15) is 30.6 Å². The number of rotatable bonds is 7. The highest BCUT2D eigenvalue weighted by atomic mass is 32.2. The fraction of sp³-hybridized carbons (Fsp3) is 0.381. The van der Waals surface area contributed by atoms with Gasteiger partial charge in [0.1, 0.15) is 0 Å². The van der Waals surface area contributed by atoms with Gasteiger partial charge in [0, 0.05) is 37.8 Å². The van der Waals surface area contributed by atoms with Crippen LogP contribution in [0.3, 0.4) is 0 Å². The van der Waals surface area contributed by atoms with Crippen molar-refractivity contribution in [2.24, 2.45) is 0 Å². The van der Waals surface area contributed by atoms with E-state index in [1.165, 1.54) is 0 Å². The molecule has 29 heavy (non-hydrogen) atoms. The van der Waals surface area contributed by atoms with E-state index in [1.54, 1.807) is 42.5 Å². The molecule has 0 spiro atoms. The predicted octanol–water partition coefficient (Wildman–Crippen LogP) is 2.43. The summed E-state index contributed by atoms with van der Waals surface area (Å²) in [5, 5.41) is 6.22. The third-order valence-corrected chi connectivity index (χ3v) is 6.39. The lowest BCUT2D eigenvalue weighted by molar-refractivity contribution is 0.0939. The van der Waals surface area contributed by atoms with Crippen LogP contribution in [0.15, 0.2) is 53.4 Å². The van der Waals surface area contributed by atoms with Gasteiger partial charge in [0.25, 0.3) is 15.9 Å². The Kier molecular flexibility index (Phi) is 6.76. The van der Waals surface area contributed by atoms with Crippen molar-refractivity contribution in [2.75, 3.05) is 35.8 Å². The average Bonchev–Trinajstić information content (AvgIpc) is 2.74. The molecule has 1 saturated heterocycles. The van der Waals surface area contributed by atoms with Gasteiger partial charge in [0.15, 0.2) is 0 Å². The zero-order chi connectivity index (χ0) is 20.9. The van der Waals surface area contributed by atoms with Gasteiger partial charge < -0.3 is 15.5 Å². The Morgan fingerprint density at radius 3 is 2.48 bits per heavy atom. The molecule has 1 fully saturated rings. The number of hydrogen-bond donors (Lipinski definition) is 3. The topological polar surface area (TPSA) is 90.5 Å². The van der Waals surface area contributed by atoms with E-state index < -0.39 is 10.0 Å². The van der Waals surface area contributed by atoms with Crippen molar-refractivity contribution in [1.29, 1.82) is 0 Å². The summed E-state index contributed by atoms with van der Waals surface area (Å²) < 4.78 is 28.5. The van der Waals surface area contributed by atoms with E-state index in [1.807, 2.05) is 19.9 Å². The van der Waals surface area contributed by atoms with Crippen molar-refractivity contribution in [3.05, 3.63) is 54.1 Å². The summed E-state index contributed by atoms with van der Waals surface area (Å²) in [5.74, 6) is -0.216. The van der Waals surface area contributed by atoms with E-state index in [2.05, 4.69) is 20.3 Å². The second kappa shape index (κ2) is 9.28. The minimum atomic E-state index is -3.77. The number of anilines is 2. The molecule has 2 aromatic rings. The molecule has 1 aliphatic rings. The van der Waals surface area contributed by atoms with Gasteiger partial charge in [-0.3, -0.25) is 9.52 Å². The standard InChI is InChI=1S/C21H28N4O3S/c1-3-16(2)23-21(26)17-9-10-20(25-13-11-22-12-14-25)19(15-17)24-29(27,28)18-7-5-4-6-8-18/h4-10,15-16,22,24H,3,11-14H2,1-2H3,(H,23,26). The Morgan fingerprint density at radius 2 is 1.83 bits per heavy atom. The molecule has 0 bridgehead atoms. The first-order valence-corrected chi connectivity index (χ1v) is 11.4. The fourth-order valence-electron chi connectivity index (χ4n) is 3.15. The molecule has 8 heteroatoms. The predicted molar refractivity (Wildman–Crippen MR) is 116 cm³/mol. The van der Waals surface area contributed by atoms with E-state index in [9.17, 15) is 13.2 Å². The van der Waals surface area contributed by atoms with Crippen LogP contribution in [-0.2, 0) is 10.0 Å². The zero-order valence-electron chi connectivity index (χ0n) is 16.8. The summed E-state index contributed by atoms with van der Waals surface area (Å²) in [6.45, 7) is 7.10. The molecule has 7 nitrogen and oxygen atoms in total. The molecule has 1 unspecified atom stereocenters. The Morgan fingerprint density at radius 1 is 1.14 bits per heavy atom. The van der Waals surface area contributed by atoms with Gasteiger partial charge in [-0.25, -0.2) is 8.42 Å². The number of hydrogen-bond acceptors (Lipinski definition) is 5. The van der Waals surface area contributed by atoms with E-state index in [-0.39, 0.29) is 16.8 Å². The van der Waals surface area contributed by atoms with Gasteiger partial charge in [-0.1, -0.05) is 25.1 Å². The van der Waals surface area contributed by atoms with Crippen LogP contribution in [0.5, 0.6) is 0 Å². The lowest BCUT2D eigenvalue weighted by Crippen LogP contribution is -2.43. The highest BCUT2D eigenvalue weighted by Gasteiger charge is 2.21. The fourth-order valence-corrected chi connectivity index (χ4v) is 4.24. The summed E-state index contributed by atoms with van der Waals surface area (Å²) in [4.78, 5) is 14.9. The lowest BCUT2D eigenvalue weighted by Gasteiger charge is -2.31. The number of sulfonamides is 1. The maximum Gasteiger partial charge on any atom is 0.261 e. The first-order valence-electron chi connectivity index (χ1n) is 9.89. The van der Waals surface area contributed by atoms with Gasteiger partial charge in [-0.05, 0) is 43.7 Å². The molecule has 1 atom stereocenters. The Bertz CT molecular complexity index is 942. The SMILES string of the molecule is CCC(C)NC(=O)c1ccc(N2CCNCC2)c(NS(=O)(=O)c2ccccc2)c1. The van der Waals surface area contributed by atoms with E-state index >= 15 is 0 Å². The van der Waals surface area contributed by atoms with Gasteiger partial charge in [0.05, 0.1) is 16.3 Å². The minimum Gasteiger partial charge on any atom is -0.367 e. The minimum absolute atomic E-state index is 0.0415. The highest BCUT2D eigenvalue weighted by molar-refractivity contribution is 7.92.